The van der Waals surface area contributed by atoms with Crippen LogP contribution in [-0.2, 0) is 19.8 Å². The third-order valence-electron chi connectivity index (χ3n) is 4.90. The molecule has 1 aliphatic heterocycles. The van der Waals surface area contributed by atoms with Gasteiger partial charge in [0.25, 0.3) is 0 Å². The molecule has 1 aromatic carbocycles. The Labute approximate surface area is 218 Å². The number of amides is 1. The van der Waals surface area contributed by atoms with E-state index in [0.29, 0.717) is 8.47 Å². The Morgan fingerprint density at radius 3 is 2.31 bits per heavy atom. The zero-order chi connectivity index (χ0) is 26.3. The van der Waals surface area contributed by atoms with Gasteiger partial charge in [-0.25, -0.2) is 37.6 Å². The molecule has 1 aromatic heterocycles. The number of carbonyl (C=O) groups excluding carboxylic acids is 2. The molecule has 3 rings (SSSR count). The van der Waals surface area contributed by atoms with E-state index in [-0.39, 0.29) is 16.8 Å². The van der Waals surface area contributed by atoms with Crippen LogP contribution in [-0.4, -0.2) is 40.5 Å². The number of methoxy groups -OCH3 is 1. The van der Waals surface area contributed by atoms with Gasteiger partial charge < -0.3 is 9.47 Å². The van der Waals surface area contributed by atoms with Crippen LogP contribution < -0.4 is 0 Å². The number of hydrogen-bond donors (Lipinski definition) is 0. The highest BCUT2D eigenvalue weighted by molar-refractivity contribution is 14.1. The first kappa shape index (κ1) is 26.9. The number of esters is 1. The van der Waals surface area contributed by atoms with Crippen LogP contribution in [0.3, 0.4) is 0 Å². The second-order valence-corrected chi connectivity index (χ2v) is 10.2. The van der Waals surface area contributed by atoms with E-state index in [1.54, 1.807) is 20.8 Å². The summed E-state index contributed by atoms with van der Waals surface area (Å²) in [6.07, 6.45) is 0.256. The van der Waals surface area contributed by atoms with Crippen LogP contribution in [0.25, 0.3) is 0 Å². The van der Waals surface area contributed by atoms with Gasteiger partial charge in [-0.15, -0.1) is 0 Å². The molecule has 1 unspecified atom stereocenters. The van der Waals surface area contributed by atoms with E-state index in [1.807, 2.05) is 22.6 Å². The lowest BCUT2D eigenvalue weighted by molar-refractivity contribution is -0.137. The van der Waals surface area contributed by atoms with Crippen LogP contribution in [0, 0.1) is 21.0 Å². The monoisotopic (exact) mass is 621 g/mol. The van der Waals surface area contributed by atoms with Crippen LogP contribution in [0.2, 0.25) is 0 Å². The molecule has 0 saturated heterocycles. The highest BCUT2D eigenvalue weighted by atomic mass is 127. The summed E-state index contributed by atoms with van der Waals surface area (Å²) < 4.78 is 53.6. The normalized spacial score (nSPS) is 18.3. The molecule has 0 aliphatic carbocycles. The third-order valence-corrected chi connectivity index (χ3v) is 5.85. The van der Waals surface area contributed by atoms with Crippen molar-refractivity contribution in [2.24, 2.45) is 4.99 Å². The summed E-state index contributed by atoms with van der Waals surface area (Å²) in [5.74, 6) is -4.60. The summed E-state index contributed by atoms with van der Waals surface area (Å²) in [7, 11) is 1.07. The molecule has 0 spiro atoms. The number of hydrogen-bond acceptors (Lipinski definition) is 6. The fraction of sp³-hybridized carbons (Fsp3) is 0.304. The van der Waals surface area contributed by atoms with Crippen LogP contribution >= 0.6 is 34.2 Å². The number of ether oxygens (including phenoxy) is 2. The van der Waals surface area contributed by atoms with Crippen molar-refractivity contribution >= 4 is 52.1 Å². The van der Waals surface area contributed by atoms with Gasteiger partial charge in [-0.1, -0.05) is 17.7 Å². The van der Waals surface area contributed by atoms with Gasteiger partial charge in [-0.3, -0.25) is 0 Å². The minimum atomic E-state index is -1.83. The zero-order valence-electron chi connectivity index (χ0n) is 19.3. The summed E-state index contributed by atoms with van der Waals surface area (Å²) in [5.41, 5.74) is -3.60. The van der Waals surface area contributed by atoms with Crippen molar-refractivity contribution in [3.8, 4) is 0 Å². The van der Waals surface area contributed by atoms with Gasteiger partial charge in [-0.05, 0) is 74.0 Å². The number of nitrogens with zero attached hydrogens (tertiary/aromatic N) is 3. The SMILES string of the molecule is COC(=O)C1=C(Cl)N(C(=O)OC(C)(C)C)C(c2ncc(I)cc2F)=NC1(C)c1ccc(F)c(F)c1. The Bertz CT molecular complexity index is 1280. The van der Waals surface area contributed by atoms with Crippen molar-refractivity contribution in [3.63, 3.8) is 0 Å². The number of halogens is 5. The van der Waals surface area contributed by atoms with Gasteiger partial charge in [0.2, 0.25) is 0 Å². The topological polar surface area (TPSA) is 81.1 Å². The molecule has 2 aromatic rings. The standard InChI is InChI=1S/C23H20ClF3IN3O4/c1-22(2,3)35-21(33)31-18(24)16(20(32)34-5)23(4,11-6-7-13(25)14(26)8-11)30-19(31)17-15(27)9-12(28)10-29-17/h6-10H,1-5H3. The van der Waals surface area contributed by atoms with Gasteiger partial charge in [-0.2, -0.15) is 0 Å². The predicted octanol–water partition coefficient (Wildman–Crippen LogP) is 5.64. The van der Waals surface area contributed by atoms with Gasteiger partial charge in [0.05, 0.1) is 7.11 Å². The zero-order valence-corrected chi connectivity index (χ0v) is 22.2. The van der Waals surface area contributed by atoms with Crippen LogP contribution in [0.15, 0.2) is 46.2 Å². The van der Waals surface area contributed by atoms with Gasteiger partial charge in [0, 0.05) is 9.77 Å². The predicted molar refractivity (Wildman–Crippen MR) is 130 cm³/mol. The molecular formula is C23H20ClF3IN3O4. The van der Waals surface area contributed by atoms with E-state index in [0.717, 1.165) is 25.3 Å². The lowest BCUT2D eigenvalue weighted by Gasteiger charge is -2.38. The van der Waals surface area contributed by atoms with E-state index in [9.17, 15) is 18.4 Å². The average molecular weight is 622 g/mol. The van der Waals surface area contributed by atoms with Crippen LogP contribution in [0.4, 0.5) is 18.0 Å². The first-order chi connectivity index (χ1) is 16.2. The minimum absolute atomic E-state index is 0.0118. The average Bonchev–Trinajstić information content (AvgIpc) is 2.73. The molecule has 1 aliphatic rings. The smallest absolute Gasteiger partial charge is 0.421 e. The van der Waals surface area contributed by atoms with E-state index in [4.69, 9.17) is 21.1 Å². The van der Waals surface area contributed by atoms with E-state index in [2.05, 4.69) is 9.98 Å². The fourth-order valence-corrected chi connectivity index (χ4v) is 4.15. The first-order valence-corrected chi connectivity index (χ1v) is 11.5. The Kier molecular flexibility index (Phi) is 7.51. The minimum Gasteiger partial charge on any atom is -0.465 e. The summed E-state index contributed by atoms with van der Waals surface area (Å²) >= 11 is 8.44. The number of carbonyl (C=O) groups is 2. The molecular weight excluding hydrogens is 602 g/mol. The summed E-state index contributed by atoms with van der Waals surface area (Å²) in [4.78, 5) is 35.2. The van der Waals surface area contributed by atoms with Crippen molar-refractivity contribution in [2.45, 2.75) is 38.8 Å². The molecule has 1 atom stereocenters. The number of aromatic nitrogens is 1. The Balaban J connectivity index is 2.38. The number of benzene rings is 1. The first-order valence-electron chi connectivity index (χ1n) is 10.1. The van der Waals surface area contributed by atoms with Gasteiger partial charge in [0.1, 0.15) is 27.6 Å². The molecule has 12 heteroatoms. The maximum Gasteiger partial charge on any atom is 0.421 e. The summed E-state index contributed by atoms with van der Waals surface area (Å²) in [6, 6.07) is 4.01. The van der Waals surface area contributed by atoms with Crippen molar-refractivity contribution in [2.75, 3.05) is 7.11 Å². The van der Waals surface area contributed by atoms with Gasteiger partial charge in [0.15, 0.2) is 23.3 Å². The second-order valence-electron chi connectivity index (χ2n) is 8.59. The molecule has 0 saturated carbocycles. The maximum absolute atomic E-state index is 15.0. The Morgan fingerprint density at radius 1 is 1.11 bits per heavy atom. The molecule has 0 fully saturated rings. The molecule has 0 bridgehead atoms. The molecule has 186 valence electrons. The number of rotatable bonds is 3. The molecule has 2 heterocycles. The van der Waals surface area contributed by atoms with Crippen molar-refractivity contribution < 1.29 is 32.2 Å². The molecule has 0 radical (unpaired) electrons. The van der Waals surface area contributed by atoms with Crippen LogP contribution in [0.1, 0.15) is 39.0 Å². The lowest BCUT2D eigenvalue weighted by atomic mass is 9.83. The van der Waals surface area contributed by atoms with E-state index in [1.165, 1.54) is 19.2 Å². The highest BCUT2D eigenvalue weighted by Gasteiger charge is 2.48. The van der Waals surface area contributed by atoms with Crippen molar-refractivity contribution in [1.29, 1.82) is 0 Å². The third kappa shape index (κ3) is 5.30. The van der Waals surface area contributed by atoms with Gasteiger partial charge >= 0.3 is 12.1 Å². The van der Waals surface area contributed by atoms with E-state index < -0.39 is 51.6 Å². The lowest BCUT2D eigenvalue weighted by Crippen LogP contribution is -2.47. The largest absolute Gasteiger partial charge is 0.465 e. The molecule has 7 nitrogen and oxygen atoms in total. The number of pyridine rings is 1. The van der Waals surface area contributed by atoms with Crippen molar-refractivity contribution in [3.05, 3.63) is 73.5 Å². The fourth-order valence-electron chi connectivity index (χ4n) is 3.33. The quantitative estimate of drug-likeness (QED) is 0.252. The number of aliphatic imine (C=N–C) groups is 1. The second kappa shape index (κ2) is 9.76. The molecule has 1 amide bonds. The number of amidine groups is 1. The Hall–Kier alpha value is -2.67. The summed E-state index contributed by atoms with van der Waals surface area (Å²) in [5, 5.41) is -0.525. The van der Waals surface area contributed by atoms with E-state index >= 15 is 4.39 Å². The highest BCUT2D eigenvalue weighted by Crippen LogP contribution is 2.43. The maximum atomic E-state index is 15.0. The molecule has 35 heavy (non-hydrogen) atoms. The van der Waals surface area contributed by atoms with Crippen LogP contribution in [0.5, 0.6) is 0 Å². The summed E-state index contributed by atoms with van der Waals surface area (Å²) in [6.45, 7) is 6.16. The Morgan fingerprint density at radius 2 is 1.77 bits per heavy atom. The molecule has 0 N–H and O–H groups in total. The van der Waals surface area contributed by atoms with Crippen molar-refractivity contribution in [1.82, 2.24) is 9.88 Å².